The van der Waals surface area contributed by atoms with Gasteiger partial charge < -0.3 is 5.73 Å². The summed E-state index contributed by atoms with van der Waals surface area (Å²) in [5.74, 6) is 0.139. The molecule has 0 aliphatic carbocycles. The first kappa shape index (κ1) is 16.0. The van der Waals surface area contributed by atoms with Crippen molar-refractivity contribution in [1.29, 1.82) is 0 Å². The van der Waals surface area contributed by atoms with Crippen molar-refractivity contribution in [2.75, 3.05) is 0 Å². The van der Waals surface area contributed by atoms with Gasteiger partial charge in [0.2, 0.25) is 0 Å². The van der Waals surface area contributed by atoms with Crippen LogP contribution in [-0.4, -0.2) is 0 Å². The Balaban J connectivity index is 2.14. The maximum absolute atomic E-state index is 7.04. The van der Waals surface area contributed by atoms with E-state index < -0.39 is 5.54 Å². The molecule has 2 N–H and O–H groups in total. The highest BCUT2D eigenvalue weighted by Crippen LogP contribution is 2.40. The molecule has 0 aliphatic heterocycles. The summed E-state index contributed by atoms with van der Waals surface area (Å²) in [6.45, 7) is 2.20. The third kappa shape index (κ3) is 3.10. The third-order valence-electron chi connectivity index (χ3n) is 4.56. The lowest BCUT2D eigenvalue weighted by Crippen LogP contribution is -2.43. The second-order valence-electron chi connectivity index (χ2n) is 5.87. The number of hydrogen-bond donors (Lipinski definition) is 1. The van der Waals surface area contributed by atoms with Crippen LogP contribution >= 0.6 is 15.9 Å². The normalized spacial score (nSPS) is 12.8. The Morgan fingerprint density at radius 3 is 1.61 bits per heavy atom. The second kappa shape index (κ2) is 6.69. The van der Waals surface area contributed by atoms with Gasteiger partial charge in [-0.05, 0) is 28.8 Å². The van der Waals surface area contributed by atoms with Crippen molar-refractivity contribution in [2.45, 2.75) is 18.4 Å². The molecule has 0 amide bonds. The molecular formula is C21H20BrN. The molecule has 1 atom stereocenters. The van der Waals surface area contributed by atoms with Gasteiger partial charge in [0.05, 0.1) is 5.54 Å². The molecule has 3 aromatic carbocycles. The van der Waals surface area contributed by atoms with E-state index in [1.165, 1.54) is 5.56 Å². The van der Waals surface area contributed by atoms with Gasteiger partial charge in [-0.1, -0.05) is 95.7 Å². The van der Waals surface area contributed by atoms with Crippen molar-refractivity contribution < 1.29 is 0 Å². The maximum atomic E-state index is 7.04. The summed E-state index contributed by atoms with van der Waals surface area (Å²) in [6, 6.07) is 29.1. The quantitative estimate of drug-likeness (QED) is 0.652. The fraction of sp³-hybridized carbons (Fsp3) is 0.143. The van der Waals surface area contributed by atoms with Gasteiger partial charge in [0.15, 0.2) is 0 Å². The fourth-order valence-electron chi connectivity index (χ4n) is 3.11. The van der Waals surface area contributed by atoms with Gasteiger partial charge in [0, 0.05) is 10.4 Å². The number of hydrogen-bond acceptors (Lipinski definition) is 1. The standard InChI is InChI=1S/C21H20BrN/c1-16(17-12-14-20(22)15-13-17)21(23,18-8-4-2-5-9-18)19-10-6-3-7-11-19/h2-16H,23H2,1H3. The summed E-state index contributed by atoms with van der Waals surface area (Å²) < 4.78 is 1.08. The fourth-order valence-corrected chi connectivity index (χ4v) is 3.37. The lowest BCUT2D eigenvalue weighted by Gasteiger charge is -2.37. The van der Waals surface area contributed by atoms with Crippen molar-refractivity contribution >= 4 is 15.9 Å². The molecular weight excluding hydrogens is 346 g/mol. The van der Waals surface area contributed by atoms with E-state index in [0.29, 0.717) is 0 Å². The van der Waals surface area contributed by atoms with E-state index >= 15 is 0 Å². The van der Waals surface area contributed by atoms with Gasteiger partial charge in [-0.3, -0.25) is 0 Å². The molecule has 3 rings (SSSR count). The van der Waals surface area contributed by atoms with Crippen LogP contribution in [0.1, 0.15) is 29.5 Å². The first-order valence-electron chi connectivity index (χ1n) is 7.78. The van der Waals surface area contributed by atoms with Crippen LogP contribution in [0.2, 0.25) is 0 Å². The molecule has 0 saturated heterocycles. The van der Waals surface area contributed by atoms with E-state index in [1.54, 1.807) is 0 Å². The van der Waals surface area contributed by atoms with E-state index in [9.17, 15) is 0 Å². The molecule has 1 unspecified atom stereocenters. The molecule has 0 aromatic heterocycles. The van der Waals surface area contributed by atoms with Crippen LogP contribution in [0.15, 0.2) is 89.4 Å². The topological polar surface area (TPSA) is 26.0 Å². The van der Waals surface area contributed by atoms with Crippen LogP contribution in [0.25, 0.3) is 0 Å². The highest BCUT2D eigenvalue weighted by molar-refractivity contribution is 9.10. The minimum absolute atomic E-state index is 0.139. The Kier molecular flexibility index (Phi) is 4.65. The van der Waals surface area contributed by atoms with E-state index in [-0.39, 0.29) is 5.92 Å². The number of nitrogens with two attached hydrogens (primary N) is 1. The van der Waals surface area contributed by atoms with Gasteiger partial charge >= 0.3 is 0 Å². The largest absolute Gasteiger partial charge is 0.317 e. The molecule has 3 aromatic rings. The Morgan fingerprint density at radius 2 is 1.17 bits per heavy atom. The summed E-state index contributed by atoms with van der Waals surface area (Å²) >= 11 is 3.50. The Hall–Kier alpha value is -1.90. The van der Waals surface area contributed by atoms with Crippen molar-refractivity contribution in [3.05, 3.63) is 106 Å². The molecule has 0 fully saturated rings. The van der Waals surface area contributed by atoms with Crippen molar-refractivity contribution in [1.82, 2.24) is 0 Å². The molecule has 23 heavy (non-hydrogen) atoms. The van der Waals surface area contributed by atoms with Gasteiger partial charge in [-0.25, -0.2) is 0 Å². The highest BCUT2D eigenvalue weighted by atomic mass is 79.9. The first-order valence-corrected chi connectivity index (χ1v) is 8.57. The van der Waals surface area contributed by atoms with Crippen LogP contribution in [0.5, 0.6) is 0 Å². The average molecular weight is 366 g/mol. The highest BCUT2D eigenvalue weighted by Gasteiger charge is 2.36. The molecule has 0 spiro atoms. The van der Waals surface area contributed by atoms with Gasteiger partial charge in [-0.15, -0.1) is 0 Å². The summed E-state index contributed by atoms with van der Waals surface area (Å²) in [5, 5.41) is 0. The van der Waals surface area contributed by atoms with Crippen molar-refractivity contribution in [3.8, 4) is 0 Å². The predicted molar refractivity (Wildman–Crippen MR) is 100 cm³/mol. The zero-order valence-electron chi connectivity index (χ0n) is 13.1. The molecule has 116 valence electrons. The maximum Gasteiger partial charge on any atom is 0.0732 e. The van der Waals surface area contributed by atoms with Crippen LogP contribution in [-0.2, 0) is 5.54 Å². The minimum Gasteiger partial charge on any atom is -0.317 e. The van der Waals surface area contributed by atoms with Crippen LogP contribution < -0.4 is 5.73 Å². The predicted octanol–water partition coefficient (Wildman–Crippen LogP) is 5.46. The molecule has 2 heteroatoms. The monoisotopic (exact) mass is 365 g/mol. The van der Waals surface area contributed by atoms with Gasteiger partial charge in [0.1, 0.15) is 0 Å². The van der Waals surface area contributed by atoms with E-state index in [1.807, 2.05) is 36.4 Å². The Labute approximate surface area is 146 Å². The first-order chi connectivity index (χ1) is 11.1. The minimum atomic E-state index is -0.573. The van der Waals surface area contributed by atoms with Crippen LogP contribution in [0.4, 0.5) is 0 Å². The Morgan fingerprint density at radius 1 is 0.739 bits per heavy atom. The summed E-state index contributed by atoms with van der Waals surface area (Å²) in [5.41, 5.74) is 9.95. The van der Waals surface area contributed by atoms with E-state index in [2.05, 4.69) is 71.4 Å². The molecule has 0 aliphatic rings. The Bertz CT molecular complexity index is 711. The summed E-state index contributed by atoms with van der Waals surface area (Å²) in [7, 11) is 0. The summed E-state index contributed by atoms with van der Waals surface area (Å²) in [6.07, 6.45) is 0. The molecule has 0 heterocycles. The van der Waals surface area contributed by atoms with E-state index in [0.717, 1.165) is 15.6 Å². The van der Waals surface area contributed by atoms with Crippen LogP contribution in [0, 0.1) is 0 Å². The number of rotatable bonds is 4. The van der Waals surface area contributed by atoms with Crippen LogP contribution in [0.3, 0.4) is 0 Å². The third-order valence-corrected chi connectivity index (χ3v) is 5.08. The molecule has 1 nitrogen and oxygen atoms in total. The van der Waals surface area contributed by atoms with E-state index in [4.69, 9.17) is 5.73 Å². The number of benzene rings is 3. The van der Waals surface area contributed by atoms with Crippen molar-refractivity contribution in [2.24, 2.45) is 5.73 Å². The summed E-state index contributed by atoms with van der Waals surface area (Å²) in [4.78, 5) is 0. The number of halogens is 1. The second-order valence-corrected chi connectivity index (χ2v) is 6.79. The molecule has 0 radical (unpaired) electrons. The molecule has 0 bridgehead atoms. The zero-order chi connectivity index (χ0) is 16.3. The average Bonchev–Trinajstić information content (AvgIpc) is 2.62. The lowest BCUT2D eigenvalue weighted by atomic mass is 9.72. The zero-order valence-corrected chi connectivity index (χ0v) is 14.7. The van der Waals surface area contributed by atoms with Gasteiger partial charge in [0.25, 0.3) is 0 Å². The smallest absolute Gasteiger partial charge is 0.0732 e. The molecule has 0 saturated carbocycles. The lowest BCUT2D eigenvalue weighted by molar-refractivity contribution is 0.448. The SMILES string of the molecule is CC(c1ccc(Br)cc1)C(N)(c1ccccc1)c1ccccc1. The van der Waals surface area contributed by atoms with Crippen molar-refractivity contribution in [3.63, 3.8) is 0 Å². The van der Waals surface area contributed by atoms with Gasteiger partial charge in [-0.2, -0.15) is 0 Å².